The summed E-state index contributed by atoms with van der Waals surface area (Å²) in [5.74, 6) is -0.349. The third-order valence-electron chi connectivity index (χ3n) is 9.50. The van der Waals surface area contributed by atoms with E-state index in [-0.39, 0.29) is 28.3 Å². The summed E-state index contributed by atoms with van der Waals surface area (Å²) >= 11 is 0. The van der Waals surface area contributed by atoms with E-state index in [1.165, 1.54) is 6.07 Å². The quantitative estimate of drug-likeness (QED) is 0.0495. The number of ether oxygens (including phenoxy) is 1. The average Bonchev–Trinajstić information content (AvgIpc) is 3.08. The molecule has 0 aliphatic rings. The van der Waals surface area contributed by atoms with E-state index < -0.39 is 36.0 Å². The maximum atomic E-state index is 12.8. The van der Waals surface area contributed by atoms with Crippen LogP contribution in [0.5, 0.6) is 5.75 Å². The maximum Gasteiger partial charge on any atom is 0.343 e. The molecule has 0 radical (unpaired) electrons. The Kier molecular flexibility index (Phi) is 10.7. The van der Waals surface area contributed by atoms with E-state index in [0.717, 1.165) is 68.2 Å². The lowest BCUT2D eigenvalue weighted by molar-refractivity contribution is 0.0697. The maximum absolute atomic E-state index is 12.8. The fraction of sp³-hybridized carbons (Fsp3) is 0.200. The van der Waals surface area contributed by atoms with Crippen molar-refractivity contribution in [2.75, 3.05) is 17.7 Å². The number of nitrogens with one attached hydrogen (secondary N) is 2. The Balaban J connectivity index is 1.69. The van der Waals surface area contributed by atoms with Crippen LogP contribution in [-0.4, -0.2) is 44.1 Å². The third-order valence-corrected chi connectivity index (χ3v) is 11.2. The van der Waals surface area contributed by atoms with Crippen molar-refractivity contribution in [2.24, 2.45) is 0 Å². The molecule has 0 fully saturated rings. The van der Waals surface area contributed by atoms with Crippen LogP contribution in [0.2, 0.25) is 0 Å². The van der Waals surface area contributed by atoms with Crippen molar-refractivity contribution in [1.29, 1.82) is 0 Å². The highest BCUT2D eigenvalue weighted by atomic mass is 32.2. The lowest BCUT2D eigenvalue weighted by Crippen LogP contribution is -2.14. The zero-order valence-corrected chi connectivity index (χ0v) is 32.2. The molecule has 11 nitrogen and oxygen atoms in total. The van der Waals surface area contributed by atoms with Crippen LogP contribution in [0.1, 0.15) is 66.0 Å². The van der Waals surface area contributed by atoms with Crippen LogP contribution in [0.4, 0.5) is 22.7 Å². The Hall–Kier alpha value is -5.34. The third kappa shape index (κ3) is 7.88. The number of aromatic carboxylic acids is 1. The van der Waals surface area contributed by atoms with E-state index in [1.54, 1.807) is 43.5 Å². The number of carbonyl (C=O) groups is 1. The SMILES string of the molecule is COc1c(C)cc(C)c(Nc2ccc([C+](c3ccc(Nc4c(C)cc(C)c(C)c4C)c(C(=O)O)c3)c3ccc(S(=O)(=O)O)cc3S(=O)(=O)O)cc2)c1C. The summed E-state index contributed by atoms with van der Waals surface area (Å²) in [6, 6.07) is 18.3. The summed E-state index contributed by atoms with van der Waals surface area (Å²) in [5.41, 5.74) is 9.83. The van der Waals surface area contributed by atoms with Crippen molar-refractivity contribution >= 4 is 49.0 Å². The van der Waals surface area contributed by atoms with Crippen LogP contribution in [0, 0.1) is 54.4 Å². The van der Waals surface area contributed by atoms with Crippen molar-refractivity contribution in [3.8, 4) is 5.75 Å². The molecule has 0 amide bonds. The predicted molar refractivity (Wildman–Crippen MR) is 206 cm³/mol. The molecule has 13 heteroatoms. The van der Waals surface area contributed by atoms with Gasteiger partial charge >= 0.3 is 16.1 Å². The Labute approximate surface area is 310 Å². The Morgan fingerprint density at radius 3 is 1.79 bits per heavy atom. The van der Waals surface area contributed by atoms with Crippen molar-refractivity contribution in [2.45, 2.75) is 58.3 Å². The number of carboxylic acids is 1. The molecule has 5 rings (SSSR count). The molecule has 0 saturated heterocycles. The summed E-state index contributed by atoms with van der Waals surface area (Å²) < 4.78 is 75.2. The number of aryl methyl sites for hydroxylation is 4. The van der Waals surface area contributed by atoms with E-state index in [4.69, 9.17) is 4.74 Å². The first-order valence-electron chi connectivity index (χ1n) is 16.4. The number of hydrogen-bond donors (Lipinski definition) is 5. The van der Waals surface area contributed by atoms with E-state index in [1.807, 2.05) is 60.6 Å². The van der Waals surface area contributed by atoms with Crippen LogP contribution in [-0.2, 0) is 20.2 Å². The number of hydrogen-bond acceptors (Lipinski definition) is 8. The van der Waals surface area contributed by atoms with Gasteiger partial charge in [0.15, 0.2) is 0 Å². The van der Waals surface area contributed by atoms with Crippen molar-refractivity contribution in [1.82, 2.24) is 0 Å². The van der Waals surface area contributed by atoms with Gasteiger partial charge in [-0.15, -0.1) is 0 Å². The van der Waals surface area contributed by atoms with Crippen molar-refractivity contribution in [3.05, 3.63) is 140 Å². The fourth-order valence-corrected chi connectivity index (χ4v) is 8.00. The molecule has 0 heterocycles. The van der Waals surface area contributed by atoms with Gasteiger partial charge in [0.05, 0.1) is 35.4 Å². The molecular weight excluding hydrogens is 717 g/mol. The van der Waals surface area contributed by atoms with Crippen LogP contribution >= 0.6 is 0 Å². The van der Waals surface area contributed by atoms with Crippen molar-refractivity contribution in [3.63, 3.8) is 0 Å². The van der Waals surface area contributed by atoms with Crippen LogP contribution < -0.4 is 15.4 Å². The number of benzene rings is 5. The summed E-state index contributed by atoms with van der Waals surface area (Å²) in [6.45, 7) is 13.7. The van der Waals surface area contributed by atoms with E-state index in [9.17, 15) is 35.8 Å². The molecule has 0 aliphatic carbocycles. The minimum Gasteiger partial charge on any atom is -0.496 e. The van der Waals surface area contributed by atoms with E-state index in [2.05, 4.69) is 10.6 Å². The second-order valence-electron chi connectivity index (χ2n) is 13.1. The molecule has 0 unspecified atom stereocenters. The number of rotatable bonds is 11. The zero-order chi connectivity index (χ0) is 39.2. The predicted octanol–water partition coefficient (Wildman–Crippen LogP) is 8.55. The molecule has 0 aromatic heterocycles. The van der Waals surface area contributed by atoms with Crippen LogP contribution in [0.25, 0.3) is 0 Å². The second-order valence-corrected chi connectivity index (χ2v) is 15.9. The highest BCUT2D eigenvalue weighted by Gasteiger charge is 2.33. The zero-order valence-electron chi connectivity index (χ0n) is 30.5. The standard InChI is InChI=1S/C40H40N2O9S2/c1-21-17-22(2)37(26(6)25(21)5)42-34-16-11-29(19-33(34)40(43)44)36(32-15-14-31(52(45,46)47)20-35(32)53(48,49)50)28-9-12-30(13-10-28)41-38-23(3)18-24(4)39(51-8)27(38)7/h9-20,41-42H,1-8H3,(H2-,43,44,45,46,47,48,49,50)/p+1. The highest BCUT2D eigenvalue weighted by molar-refractivity contribution is 7.86. The van der Waals surface area contributed by atoms with E-state index in [0.29, 0.717) is 17.3 Å². The smallest absolute Gasteiger partial charge is 0.343 e. The van der Waals surface area contributed by atoms with Crippen LogP contribution in [0.15, 0.2) is 82.6 Å². The molecular formula is C40H41N2O9S2+. The minimum absolute atomic E-state index is 0.127. The monoisotopic (exact) mass is 757 g/mol. The number of methoxy groups -OCH3 is 1. The van der Waals surface area contributed by atoms with Gasteiger partial charge in [0.2, 0.25) is 0 Å². The Morgan fingerprint density at radius 1 is 0.642 bits per heavy atom. The molecule has 5 aromatic carbocycles. The molecule has 0 saturated carbocycles. The van der Waals surface area contributed by atoms with Gasteiger partial charge < -0.3 is 20.5 Å². The fourth-order valence-electron chi connectivity index (χ4n) is 6.70. The first-order chi connectivity index (χ1) is 24.7. The molecule has 0 aliphatic heterocycles. The van der Waals surface area contributed by atoms with E-state index >= 15 is 0 Å². The van der Waals surface area contributed by atoms with Gasteiger partial charge in [0.25, 0.3) is 10.1 Å². The van der Waals surface area contributed by atoms with Gasteiger partial charge in [-0.05, 0) is 130 Å². The average molecular weight is 758 g/mol. The lowest BCUT2D eigenvalue weighted by atomic mass is 9.84. The summed E-state index contributed by atoms with van der Waals surface area (Å²) in [4.78, 5) is 11.2. The minimum atomic E-state index is -5.09. The van der Waals surface area contributed by atoms with Gasteiger partial charge in [0.1, 0.15) is 21.1 Å². The largest absolute Gasteiger partial charge is 0.496 e. The first kappa shape index (κ1) is 38.9. The van der Waals surface area contributed by atoms with Crippen LogP contribution in [0.3, 0.4) is 0 Å². The Morgan fingerprint density at radius 2 is 1.23 bits per heavy atom. The molecule has 0 spiro atoms. The first-order valence-corrected chi connectivity index (χ1v) is 19.3. The van der Waals surface area contributed by atoms with Gasteiger partial charge in [0, 0.05) is 34.8 Å². The number of anilines is 4. The molecule has 0 atom stereocenters. The molecule has 0 bridgehead atoms. The topological polar surface area (TPSA) is 179 Å². The van der Waals surface area contributed by atoms with Gasteiger partial charge in [-0.1, -0.05) is 12.1 Å². The summed E-state index contributed by atoms with van der Waals surface area (Å²) in [5, 5.41) is 17.1. The van der Waals surface area contributed by atoms with Gasteiger partial charge in [-0.3, -0.25) is 9.11 Å². The highest BCUT2D eigenvalue weighted by Crippen LogP contribution is 2.40. The normalized spacial score (nSPS) is 11.7. The second kappa shape index (κ2) is 14.6. The molecule has 5 N–H and O–H groups in total. The number of carboxylic acid groups (broad SMARTS) is 1. The summed E-state index contributed by atoms with van der Waals surface area (Å²) in [6.07, 6.45) is 0. The van der Waals surface area contributed by atoms with Gasteiger partial charge in [-0.25, -0.2) is 4.79 Å². The Bertz CT molecular complexity index is 2490. The van der Waals surface area contributed by atoms with Crippen molar-refractivity contribution < 1.29 is 40.6 Å². The molecule has 276 valence electrons. The lowest BCUT2D eigenvalue weighted by Gasteiger charge is -2.20. The van der Waals surface area contributed by atoms with Gasteiger partial charge in [-0.2, -0.15) is 16.8 Å². The molecule has 53 heavy (non-hydrogen) atoms. The molecule has 5 aromatic rings. The summed E-state index contributed by atoms with van der Waals surface area (Å²) in [7, 11) is -8.34.